The van der Waals surface area contributed by atoms with Crippen molar-refractivity contribution < 1.29 is 0 Å². The number of aromatic nitrogens is 3. The van der Waals surface area contributed by atoms with E-state index in [1.165, 1.54) is 10.3 Å². The topological polar surface area (TPSA) is 42.7 Å². The van der Waals surface area contributed by atoms with Crippen molar-refractivity contribution in [2.24, 2.45) is 7.05 Å². The van der Waals surface area contributed by atoms with E-state index in [1.807, 2.05) is 25.5 Å². The number of fused-ring (bicyclic) bond motifs is 1. The number of anilines is 1. The van der Waals surface area contributed by atoms with Crippen molar-refractivity contribution in [1.29, 1.82) is 0 Å². The van der Waals surface area contributed by atoms with Crippen LogP contribution in [0, 0.1) is 0 Å². The van der Waals surface area contributed by atoms with Crippen LogP contribution in [-0.2, 0) is 13.6 Å². The Morgan fingerprint density at radius 1 is 1.13 bits per heavy atom. The summed E-state index contributed by atoms with van der Waals surface area (Å²) in [6.07, 6.45) is 3.83. The van der Waals surface area contributed by atoms with E-state index in [2.05, 4.69) is 52.2 Å². The Morgan fingerprint density at radius 2 is 2.00 bits per heavy atom. The fourth-order valence-corrected chi connectivity index (χ4v) is 3.40. The molecule has 0 unspecified atom stereocenters. The zero-order valence-electron chi connectivity index (χ0n) is 12.7. The molecule has 0 radical (unpaired) electrons. The van der Waals surface area contributed by atoms with Gasteiger partial charge in [-0.1, -0.05) is 30.3 Å². The maximum atomic E-state index is 4.83. The molecule has 3 heterocycles. The molecular formula is C18H16N4S. The second-order valence-corrected chi connectivity index (χ2v) is 6.35. The first-order chi connectivity index (χ1) is 11.3. The Labute approximate surface area is 138 Å². The Bertz CT molecular complexity index is 940. The normalized spacial score (nSPS) is 11.0. The third-order valence-electron chi connectivity index (χ3n) is 3.74. The van der Waals surface area contributed by atoms with Crippen LogP contribution in [0.3, 0.4) is 0 Å². The summed E-state index contributed by atoms with van der Waals surface area (Å²) in [5.41, 5.74) is 5.35. The molecule has 23 heavy (non-hydrogen) atoms. The number of rotatable bonds is 4. The molecule has 0 aliphatic heterocycles. The van der Waals surface area contributed by atoms with Gasteiger partial charge in [-0.05, 0) is 17.7 Å². The van der Waals surface area contributed by atoms with Gasteiger partial charge in [0.15, 0.2) is 0 Å². The number of thiophene rings is 1. The molecule has 3 aromatic heterocycles. The van der Waals surface area contributed by atoms with E-state index in [9.17, 15) is 0 Å². The van der Waals surface area contributed by atoms with Gasteiger partial charge in [-0.3, -0.25) is 4.68 Å². The minimum absolute atomic E-state index is 0.797. The molecule has 4 aromatic rings. The summed E-state index contributed by atoms with van der Waals surface area (Å²) in [5, 5.41) is 9.85. The number of hydrogen-bond acceptors (Lipinski definition) is 4. The van der Waals surface area contributed by atoms with E-state index in [1.54, 1.807) is 16.0 Å². The van der Waals surface area contributed by atoms with Crippen molar-refractivity contribution >= 4 is 27.2 Å². The Hall–Kier alpha value is -2.66. The molecule has 1 N–H and O–H groups in total. The summed E-state index contributed by atoms with van der Waals surface area (Å²) >= 11 is 1.71. The Balaban J connectivity index is 1.65. The highest BCUT2D eigenvalue weighted by molar-refractivity contribution is 7.17. The quantitative estimate of drug-likeness (QED) is 0.609. The molecule has 114 valence electrons. The standard InChI is InChI=1S/C18H16N4S/c1-22-11-14(10-20-22)15-7-8-17-18(21-15)16(12-23-17)19-9-13-5-3-2-4-6-13/h2-8,10-12,19H,9H2,1H3. The van der Waals surface area contributed by atoms with E-state index in [0.717, 1.165) is 29.0 Å². The van der Waals surface area contributed by atoms with Crippen molar-refractivity contribution in [3.8, 4) is 11.3 Å². The summed E-state index contributed by atoms with van der Waals surface area (Å²) < 4.78 is 2.98. The smallest absolute Gasteiger partial charge is 0.105 e. The SMILES string of the molecule is Cn1cc(-c2ccc3scc(NCc4ccccc4)c3n2)cn1. The van der Waals surface area contributed by atoms with E-state index in [0.29, 0.717) is 0 Å². The summed E-state index contributed by atoms with van der Waals surface area (Å²) in [7, 11) is 1.92. The number of aryl methyl sites for hydroxylation is 1. The van der Waals surface area contributed by atoms with E-state index in [4.69, 9.17) is 4.98 Å². The van der Waals surface area contributed by atoms with E-state index >= 15 is 0 Å². The number of benzene rings is 1. The molecule has 0 aliphatic rings. The van der Waals surface area contributed by atoms with Crippen LogP contribution >= 0.6 is 11.3 Å². The number of nitrogens with zero attached hydrogens (tertiary/aromatic N) is 3. The van der Waals surface area contributed by atoms with Crippen LogP contribution in [0.2, 0.25) is 0 Å². The first-order valence-electron chi connectivity index (χ1n) is 7.45. The zero-order chi connectivity index (χ0) is 15.6. The Kier molecular flexibility index (Phi) is 3.55. The monoisotopic (exact) mass is 320 g/mol. The largest absolute Gasteiger partial charge is 0.379 e. The van der Waals surface area contributed by atoms with E-state index < -0.39 is 0 Å². The van der Waals surface area contributed by atoms with Crippen LogP contribution in [0.5, 0.6) is 0 Å². The van der Waals surface area contributed by atoms with Crippen molar-refractivity contribution in [3.05, 3.63) is 65.8 Å². The maximum absolute atomic E-state index is 4.83. The molecule has 0 aliphatic carbocycles. The molecule has 4 nitrogen and oxygen atoms in total. The van der Waals surface area contributed by atoms with Gasteiger partial charge in [0.05, 0.1) is 22.3 Å². The molecule has 0 amide bonds. The number of hydrogen-bond donors (Lipinski definition) is 1. The highest BCUT2D eigenvalue weighted by Gasteiger charge is 2.09. The van der Waals surface area contributed by atoms with Gasteiger partial charge in [-0.25, -0.2) is 4.98 Å². The van der Waals surface area contributed by atoms with Gasteiger partial charge in [0, 0.05) is 30.7 Å². The molecule has 0 saturated heterocycles. The van der Waals surface area contributed by atoms with Crippen LogP contribution in [0.4, 0.5) is 5.69 Å². The zero-order valence-corrected chi connectivity index (χ0v) is 13.5. The van der Waals surface area contributed by atoms with E-state index in [-0.39, 0.29) is 0 Å². The molecular weight excluding hydrogens is 304 g/mol. The lowest BCUT2D eigenvalue weighted by Gasteiger charge is -2.05. The summed E-state index contributed by atoms with van der Waals surface area (Å²) in [5.74, 6) is 0. The highest BCUT2D eigenvalue weighted by Crippen LogP contribution is 2.31. The van der Waals surface area contributed by atoms with Gasteiger partial charge in [-0.15, -0.1) is 11.3 Å². The van der Waals surface area contributed by atoms with Gasteiger partial charge < -0.3 is 5.32 Å². The first kappa shape index (κ1) is 14.0. The molecule has 1 aromatic carbocycles. The lowest BCUT2D eigenvalue weighted by molar-refractivity contribution is 0.768. The van der Waals surface area contributed by atoms with Crippen molar-refractivity contribution in [2.45, 2.75) is 6.54 Å². The second kappa shape index (κ2) is 5.85. The number of nitrogens with one attached hydrogen (secondary N) is 1. The molecule has 0 spiro atoms. The van der Waals surface area contributed by atoms with Gasteiger partial charge in [-0.2, -0.15) is 5.10 Å². The van der Waals surface area contributed by atoms with Crippen molar-refractivity contribution in [1.82, 2.24) is 14.8 Å². The van der Waals surface area contributed by atoms with Gasteiger partial charge >= 0.3 is 0 Å². The number of pyridine rings is 1. The summed E-state index contributed by atoms with van der Waals surface area (Å²) in [4.78, 5) is 4.83. The summed E-state index contributed by atoms with van der Waals surface area (Å²) in [6.45, 7) is 0.797. The highest BCUT2D eigenvalue weighted by atomic mass is 32.1. The van der Waals surface area contributed by atoms with Crippen LogP contribution in [0.1, 0.15) is 5.56 Å². The minimum Gasteiger partial charge on any atom is -0.379 e. The lowest BCUT2D eigenvalue weighted by atomic mass is 10.2. The predicted octanol–water partition coefficient (Wildman–Crippen LogP) is 4.31. The lowest BCUT2D eigenvalue weighted by Crippen LogP contribution is -1.98. The fraction of sp³-hybridized carbons (Fsp3) is 0.111. The van der Waals surface area contributed by atoms with Crippen LogP contribution in [0.15, 0.2) is 60.2 Å². The van der Waals surface area contributed by atoms with Gasteiger partial charge in [0.2, 0.25) is 0 Å². The van der Waals surface area contributed by atoms with Crippen LogP contribution < -0.4 is 5.32 Å². The average Bonchev–Trinajstić information content (AvgIpc) is 3.19. The molecule has 4 rings (SSSR count). The molecule has 0 fully saturated rings. The third kappa shape index (κ3) is 2.83. The second-order valence-electron chi connectivity index (χ2n) is 5.43. The Morgan fingerprint density at radius 3 is 2.78 bits per heavy atom. The predicted molar refractivity (Wildman–Crippen MR) is 95.6 cm³/mol. The third-order valence-corrected chi connectivity index (χ3v) is 4.68. The molecule has 0 saturated carbocycles. The average molecular weight is 320 g/mol. The first-order valence-corrected chi connectivity index (χ1v) is 8.32. The van der Waals surface area contributed by atoms with Crippen molar-refractivity contribution in [2.75, 3.05) is 5.32 Å². The van der Waals surface area contributed by atoms with Crippen LogP contribution in [-0.4, -0.2) is 14.8 Å². The fourth-order valence-electron chi connectivity index (χ4n) is 2.55. The van der Waals surface area contributed by atoms with Gasteiger partial charge in [0.1, 0.15) is 5.52 Å². The molecule has 5 heteroatoms. The maximum Gasteiger partial charge on any atom is 0.105 e. The van der Waals surface area contributed by atoms with Crippen molar-refractivity contribution in [3.63, 3.8) is 0 Å². The van der Waals surface area contributed by atoms with Crippen LogP contribution in [0.25, 0.3) is 21.5 Å². The minimum atomic E-state index is 0.797. The van der Waals surface area contributed by atoms with Gasteiger partial charge in [0.25, 0.3) is 0 Å². The summed E-state index contributed by atoms with van der Waals surface area (Å²) in [6, 6.07) is 14.6. The molecule has 0 atom stereocenters. The molecule has 0 bridgehead atoms.